The molecular weight excluding hydrogens is 338 g/mol. The lowest BCUT2D eigenvalue weighted by molar-refractivity contribution is 0.871. The summed E-state index contributed by atoms with van der Waals surface area (Å²) in [5.41, 5.74) is 7.12. The highest BCUT2D eigenvalue weighted by Crippen LogP contribution is 2.35. The van der Waals surface area contributed by atoms with Crippen molar-refractivity contribution in [3.63, 3.8) is 0 Å². The topological polar surface area (TPSA) is 75.0 Å². The van der Waals surface area contributed by atoms with E-state index in [0.717, 1.165) is 39.5 Å². The average Bonchev–Trinajstić information content (AvgIpc) is 3.28. The number of hydrogen-bond acceptors (Lipinski definition) is 5. The van der Waals surface area contributed by atoms with E-state index in [1.54, 1.807) is 6.33 Å². The van der Waals surface area contributed by atoms with Gasteiger partial charge in [0.2, 0.25) is 0 Å². The number of H-pyrrole nitrogens is 1. The van der Waals surface area contributed by atoms with E-state index in [9.17, 15) is 0 Å². The lowest BCUT2D eigenvalue weighted by Gasteiger charge is -2.13. The van der Waals surface area contributed by atoms with Crippen LogP contribution < -0.4 is 4.90 Å². The van der Waals surface area contributed by atoms with Crippen molar-refractivity contribution in [2.75, 3.05) is 19.0 Å². The molecule has 4 aromatic rings. The molecular formula is C20H23N7. The predicted molar refractivity (Wildman–Crippen MR) is 107 cm³/mol. The van der Waals surface area contributed by atoms with Crippen LogP contribution in [0.2, 0.25) is 0 Å². The number of nitrogens with zero attached hydrogens (tertiary/aromatic N) is 6. The number of aromatic amines is 1. The highest BCUT2D eigenvalue weighted by atomic mass is 15.3. The smallest absolute Gasteiger partial charge is 0.158 e. The van der Waals surface area contributed by atoms with Crippen LogP contribution in [0.3, 0.4) is 0 Å². The number of pyridine rings is 2. The van der Waals surface area contributed by atoms with Crippen LogP contribution >= 0.6 is 0 Å². The third kappa shape index (κ3) is 2.95. The Morgan fingerprint density at radius 3 is 2.59 bits per heavy atom. The Kier molecular flexibility index (Phi) is 4.14. The second kappa shape index (κ2) is 6.50. The number of anilines is 1. The minimum absolute atomic E-state index is 0.300. The third-order valence-electron chi connectivity index (χ3n) is 4.71. The van der Waals surface area contributed by atoms with Crippen LogP contribution in [0.25, 0.3) is 28.2 Å². The van der Waals surface area contributed by atoms with Gasteiger partial charge in [-0.25, -0.2) is 14.5 Å². The molecule has 0 atom stereocenters. The Morgan fingerprint density at radius 1 is 1.11 bits per heavy atom. The molecule has 0 aliphatic carbocycles. The highest BCUT2D eigenvalue weighted by molar-refractivity contribution is 5.75. The Bertz CT molecular complexity index is 1090. The minimum Gasteiger partial charge on any atom is -0.363 e. The molecule has 7 heteroatoms. The Morgan fingerprint density at radius 2 is 1.93 bits per heavy atom. The quantitative estimate of drug-likeness (QED) is 0.600. The summed E-state index contributed by atoms with van der Waals surface area (Å²) >= 11 is 0. The Hall–Kier alpha value is -3.22. The average molecular weight is 361 g/mol. The lowest BCUT2D eigenvalue weighted by atomic mass is 9.94. The molecule has 0 aliphatic rings. The predicted octanol–water partition coefficient (Wildman–Crippen LogP) is 3.68. The maximum absolute atomic E-state index is 4.63. The molecule has 138 valence electrons. The van der Waals surface area contributed by atoms with E-state index in [1.807, 2.05) is 48.9 Å². The maximum Gasteiger partial charge on any atom is 0.158 e. The van der Waals surface area contributed by atoms with Crippen LogP contribution in [0.1, 0.15) is 30.9 Å². The fraction of sp³-hybridized carbons (Fsp3) is 0.300. The second-order valence-electron chi connectivity index (χ2n) is 7.26. The zero-order valence-electron chi connectivity index (χ0n) is 16.2. The van der Waals surface area contributed by atoms with Gasteiger partial charge in [0.1, 0.15) is 12.1 Å². The standard InChI is InChI=1S/C20H23N7/c1-12(2)17-18(14-6-7-16(21-9-14)26(4)5)24-25-19(17)15-8-13(3)20-22-11-23-27(20)10-15/h6-12H,1-5H3,(H,24,25). The van der Waals surface area contributed by atoms with E-state index >= 15 is 0 Å². The number of hydrogen-bond donors (Lipinski definition) is 1. The molecule has 4 aromatic heterocycles. The van der Waals surface area contributed by atoms with Gasteiger partial charge in [-0.1, -0.05) is 13.8 Å². The highest BCUT2D eigenvalue weighted by Gasteiger charge is 2.20. The summed E-state index contributed by atoms with van der Waals surface area (Å²) in [5, 5.41) is 12.2. The van der Waals surface area contributed by atoms with Crippen LogP contribution in [0.5, 0.6) is 0 Å². The van der Waals surface area contributed by atoms with Gasteiger partial charge in [-0.2, -0.15) is 10.2 Å². The molecule has 0 amide bonds. The number of fused-ring (bicyclic) bond motifs is 1. The molecule has 27 heavy (non-hydrogen) atoms. The zero-order chi connectivity index (χ0) is 19.1. The first kappa shape index (κ1) is 17.2. The summed E-state index contributed by atoms with van der Waals surface area (Å²) in [6.07, 6.45) is 5.45. The van der Waals surface area contributed by atoms with Gasteiger partial charge < -0.3 is 4.90 Å². The van der Waals surface area contributed by atoms with Gasteiger partial charge in [-0.15, -0.1) is 0 Å². The SMILES string of the molecule is Cc1cc(-c2[nH]nc(-c3ccc(N(C)C)nc3)c2C(C)C)cn2ncnc12. The molecule has 0 saturated heterocycles. The van der Waals surface area contributed by atoms with Crippen molar-refractivity contribution in [2.24, 2.45) is 0 Å². The molecule has 0 spiro atoms. The first-order valence-corrected chi connectivity index (χ1v) is 8.98. The minimum atomic E-state index is 0.300. The number of rotatable bonds is 4. The summed E-state index contributed by atoms with van der Waals surface area (Å²) < 4.78 is 1.81. The van der Waals surface area contributed by atoms with E-state index in [1.165, 1.54) is 5.56 Å². The van der Waals surface area contributed by atoms with Crippen molar-refractivity contribution in [3.05, 3.63) is 48.0 Å². The molecule has 0 aliphatic heterocycles. The summed E-state index contributed by atoms with van der Waals surface area (Å²) in [6.45, 7) is 6.41. The van der Waals surface area contributed by atoms with E-state index in [0.29, 0.717) is 5.92 Å². The van der Waals surface area contributed by atoms with Crippen LogP contribution in [-0.4, -0.2) is 43.9 Å². The Balaban J connectivity index is 1.85. The molecule has 4 heterocycles. The fourth-order valence-corrected chi connectivity index (χ4v) is 3.37. The van der Waals surface area contributed by atoms with Gasteiger partial charge >= 0.3 is 0 Å². The molecule has 0 saturated carbocycles. The van der Waals surface area contributed by atoms with Crippen molar-refractivity contribution in [3.8, 4) is 22.5 Å². The van der Waals surface area contributed by atoms with E-state index < -0.39 is 0 Å². The van der Waals surface area contributed by atoms with Crippen molar-refractivity contribution in [2.45, 2.75) is 26.7 Å². The molecule has 7 nitrogen and oxygen atoms in total. The van der Waals surface area contributed by atoms with E-state index in [2.05, 4.69) is 51.2 Å². The second-order valence-corrected chi connectivity index (χ2v) is 7.26. The normalized spacial score (nSPS) is 11.5. The first-order valence-electron chi connectivity index (χ1n) is 8.98. The summed E-state index contributed by atoms with van der Waals surface area (Å²) in [5.74, 6) is 1.22. The van der Waals surface area contributed by atoms with Crippen LogP contribution in [0.4, 0.5) is 5.82 Å². The van der Waals surface area contributed by atoms with Gasteiger partial charge in [-0.3, -0.25) is 5.10 Å². The Labute approximate surface area is 158 Å². The van der Waals surface area contributed by atoms with Crippen LogP contribution in [-0.2, 0) is 0 Å². The molecule has 1 N–H and O–H groups in total. The number of aryl methyl sites for hydroxylation is 1. The van der Waals surface area contributed by atoms with Crippen molar-refractivity contribution in [1.29, 1.82) is 0 Å². The van der Waals surface area contributed by atoms with Crippen LogP contribution in [0, 0.1) is 6.92 Å². The zero-order valence-corrected chi connectivity index (χ0v) is 16.2. The molecule has 0 fully saturated rings. The molecule has 0 aromatic carbocycles. The molecule has 0 radical (unpaired) electrons. The number of aromatic nitrogens is 6. The van der Waals surface area contributed by atoms with Crippen LogP contribution in [0.15, 0.2) is 36.9 Å². The lowest BCUT2D eigenvalue weighted by Crippen LogP contribution is -2.10. The van der Waals surface area contributed by atoms with Gasteiger partial charge in [-0.05, 0) is 36.6 Å². The molecule has 0 bridgehead atoms. The van der Waals surface area contributed by atoms with E-state index in [4.69, 9.17) is 0 Å². The van der Waals surface area contributed by atoms with Crippen molar-refractivity contribution < 1.29 is 0 Å². The van der Waals surface area contributed by atoms with Gasteiger partial charge in [0.15, 0.2) is 5.65 Å². The third-order valence-corrected chi connectivity index (χ3v) is 4.71. The summed E-state index contributed by atoms with van der Waals surface area (Å²) in [6, 6.07) is 6.21. The monoisotopic (exact) mass is 361 g/mol. The first-order chi connectivity index (χ1) is 13.0. The maximum atomic E-state index is 4.63. The van der Waals surface area contributed by atoms with Gasteiger partial charge in [0.25, 0.3) is 0 Å². The largest absolute Gasteiger partial charge is 0.363 e. The van der Waals surface area contributed by atoms with Crippen molar-refractivity contribution >= 4 is 11.5 Å². The fourth-order valence-electron chi connectivity index (χ4n) is 3.37. The summed E-state index contributed by atoms with van der Waals surface area (Å²) in [7, 11) is 3.97. The molecule has 4 rings (SSSR count). The van der Waals surface area contributed by atoms with E-state index in [-0.39, 0.29) is 0 Å². The number of nitrogens with one attached hydrogen (secondary N) is 1. The van der Waals surface area contributed by atoms with Gasteiger partial charge in [0, 0.05) is 43.2 Å². The van der Waals surface area contributed by atoms with Gasteiger partial charge in [0.05, 0.1) is 11.4 Å². The summed E-state index contributed by atoms with van der Waals surface area (Å²) in [4.78, 5) is 10.8. The van der Waals surface area contributed by atoms with Crippen molar-refractivity contribution in [1.82, 2.24) is 29.8 Å². The molecule has 0 unspecified atom stereocenters.